The number of hydrogen-bond acceptors (Lipinski definition) is 2. The third-order valence-corrected chi connectivity index (χ3v) is 4.56. The van der Waals surface area contributed by atoms with Crippen LogP contribution in [0.25, 0.3) is 0 Å². The Balaban J connectivity index is 1.55. The molecular formula is C16H23FN2. The van der Waals surface area contributed by atoms with E-state index in [1.807, 2.05) is 0 Å². The van der Waals surface area contributed by atoms with E-state index in [9.17, 15) is 4.39 Å². The van der Waals surface area contributed by atoms with Crippen LogP contribution >= 0.6 is 0 Å². The zero-order valence-corrected chi connectivity index (χ0v) is 11.6. The lowest BCUT2D eigenvalue weighted by atomic mass is 9.96. The highest BCUT2D eigenvalue weighted by atomic mass is 19.1. The standard InChI is InChI=1S/C16H23FN2/c1-12-4-6-13(7-5-12)10-18-16-9-14-3-2-8-19(14)11-15(16)17/h4-7,14-16,18H,2-3,8-11H2,1H3. The van der Waals surface area contributed by atoms with Gasteiger partial charge in [0.25, 0.3) is 0 Å². The van der Waals surface area contributed by atoms with Crippen molar-refractivity contribution in [3.05, 3.63) is 35.4 Å². The Hall–Kier alpha value is -0.930. The molecule has 3 heteroatoms. The Morgan fingerprint density at radius 3 is 2.89 bits per heavy atom. The molecule has 2 nitrogen and oxygen atoms in total. The molecule has 0 aromatic heterocycles. The molecule has 0 amide bonds. The van der Waals surface area contributed by atoms with E-state index in [-0.39, 0.29) is 6.04 Å². The van der Waals surface area contributed by atoms with Crippen LogP contribution in [0.5, 0.6) is 0 Å². The number of benzene rings is 1. The molecular weight excluding hydrogens is 239 g/mol. The van der Waals surface area contributed by atoms with E-state index >= 15 is 0 Å². The maximum atomic E-state index is 14.1. The van der Waals surface area contributed by atoms with Crippen molar-refractivity contribution in [2.24, 2.45) is 0 Å². The minimum absolute atomic E-state index is 0.0284. The number of aryl methyl sites for hydroxylation is 1. The van der Waals surface area contributed by atoms with Crippen LogP contribution < -0.4 is 5.32 Å². The first-order valence-corrected chi connectivity index (χ1v) is 7.39. The van der Waals surface area contributed by atoms with Gasteiger partial charge in [-0.3, -0.25) is 4.90 Å². The van der Waals surface area contributed by atoms with Crippen molar-refractivity contribution >= 4 is 0 Å². The topological polar surface area (TPSA) is 15.3 Å². The van der Waals surface area contributed by atoms with Crippen LogP contribution in [0.15, 0.2) is 24.3 Å². The van der Waals surface area contributed by atoms with Gasteiger partial charge in [0, 0.05) is 25.2 Å². The Morgan fingerprint density at radius 1 is 1.32 bits per heavy atom. The Bertz CT molecular complexity index is 417. The van der Waals surface area contributed by atoms with E-state index in [1.54, 1.807) is 0 Å². The average Bonchev–Trinajstić information content (AvgIpc) is 2.85. The van der Waals surface area contributed by atoms with Gasteiger partial charge in [0.2, 0.25) is 0 Å². The molecule has 3 atom stereocenters. The number of halogens is 1. The molecule has 0 radical (unpaired) electrons. The van der Waals surface area contributed by atoms with Crippen LogP contribution in [0.4, 0.5) is 4.39 Å². The third kappa shape index (κ3) is 2.98. The highest BCUT2D eigenvalue weighted by molar-refractivity contribution is 5.21. The van der Waals surface area contributed by atoms with Gasteiger partial charge in [-0.2, -0.15) is 0 Å². The monoisotopic (exact) mass is 262 g/mol. The van der Waals surface area contributed by atoms with E-state index in [2.05, 4.69) is 41.4 Å². The average molecular weight is 262 g/mol. The first kappa shape index (κ1) is 13.1. The molecule has 3 rings (SSSR count). The van der Waals surface area contributed by atoms with E-state index in [0.29, 0.717) is 12.6 Å². The highest BCUT2D eigenvalue weighted by Crippen LogP contribution is 2.28. The lowest BCUT2D eigenvalue weighted by Gasteiger charge is -2.37. The molecule has 2 aliphatic heterocycles. The summed E-state index contributed by atoms with van der Waals surface area (Å²) in [7, 11) is 0. The smallest absolute Gasteiger partial charge is 0.128 e. The Kier molecular flexibility index (Phi) is 3.85. The van der Waals surface area contributed by atoms with Gasteiger partial charge in [-0.15, -0.1) is 0 Å². The number of nitrogens with zero attached hydrogens (tertiary/aromatic N) is 1. The summed E-state index contributed by atoms with van der Waals surface area (Å²) < 4.78 is 14.1. The van der Waals surface area contributed by atoms with E-state index in [1.165, 1.54) is 24.0 Å². The minimum atomic E-state index is -0.722. The normalized spacial score (nSPS) is 31.4. The summed E-state index contributed by atoms with van der Waals surface area (Å²) in [5.74, 6) is 0. The maximum absolute atomic E-state index is 14.1. The maximum Gasteiger partial charge on any atom is 0.128 e. The van der Waals surface area contributed by atoms with E-state index in [0.717, 1.165) is 19.5 Å². The molecule has 3 unspecified atom stereocenters. The predicted octanol–water partition coefficient (Wildman–Crippen LogP) is 2.66. The molecule has 2 heterocycles. The van der Waals surface area contributed by atoms with E-state index < -0.39 is 6.17 Å². The van der Waals surface area contributed by atoms with Crippen LogP contribution in [-0.4, -0.2) is 36.2 Å². The molecule has 2 aliphatic rings. The number of hydrogen-bond donors (Lipinski definition) is 1. The molecule has 2 fully saturated rings. The van der Waals surface area contributed by atoms with Gasteiger partial charge in [0.1, 0.15) is 6.17 Å². The quantitative estimate of drug-likeness (QED) is 0.901. The van der Waals surface area contributed by atoms with Crippen molar-refractivity contribution in [3.8, 4) is 0 Å². The van der Waals surface area contributed by atoms with Crippen molar-refractivity contribution in [3.63, 3.8) is 0 Å². The molecule has 19 heavy (non-hydrogen) atoms. The van der Waals surface area contributed by atoms with Gasteiger partial charge in [-0.05, 0) is 38.3 Å². The minimum Gasteiger partial charge on any atom is -0.307 e. The summed E-state index contributed by atoms with van der Waals surface area (Å²) in [6.45, 7) is 4.58. The zero-order chi connectivity index (χ0) is 13.2. The Morgan fingerprint density at radius 2 is 2.11 bits per heavy atom. The SMILES string of the molecule is Cc1ccc(CNC2CC3CCCN3CC2F)cc1. The molecule has 104 valence electrons. The fourth-order valence-electron chi connectivity index (χ4n) is 3.36. The van der Waals surface area contributed by atoms with Crippen LogP contribution in [0.2, 0.25) is 0 Å². The third-order valence-electron chi connectivity index (χ3n) is 4.56. The van der Waals surface area contributed by atoms with Gasteiger partial charge in [-0.1, -0.05) is 29.8 Å². The Labute approximate surface area is 115 Å². The molecule has 0 bridgehead atoms. The van der Waals surface area contributed by atoms with Crippen LogP contribution in [0.1, 0.15) is 30.4 Å². The van der Waals surface area contributed by atoms with Gasteiger partial charge in [0.05, 0.1) is 0 Å². The molecule has 1 N–H and O–H groups in total. The fourth-order valence-corrected chi connectivity index (χ4v) is 3.36. The van der Waals surface area contributed by atoms with Gasteiger partial charge in [-0.25, -0.2) is 4.39 Å². The summed E-state index contributed by atoms with van der Waals surface area (Å²) >= 11 is 0. The van der Waals surface area contributed by atoms with Crippen molar-refractivity contribution in [1.82, 2.24) is 10.2 Å². The fraction of sp³-hybridized carbons (Fsp3) is 0.625. The van der Waals surface area contributed by atoms with Crippen molar-refractivity contribution in [1.29, 1.82) is 0 Å². The van der Waals surface area contributed by atoms with E-state index in [4.69, 9.17) is 0 Å². The number of alkyl halides is 1. The first-order valence-electron chi connectivity index (χ1n) is 7.39. The molecule has 2 saturated heterocycles. The summed E-state index contributed by atoms with van der Waals surface area (Å²) in [6.07, 6.45) is 2.73. The lowest BCUT2D eigenvalue weighted by Crippen LogP contribution is -2.53. The first-order chi connectivity index (χ1) is 9.22. The van der Waals surface area contributed by atoms with Crippen molar-refractivity contribution in [2.75, 3.05) is 13.1 Å². The number of rotatable bonds is 3. The summed E-state index contributed by atoms with van der Waals surface area (Å²) in [5.41, 5.74) is 2.51. The van der Waals surface area contributed by atoms with Crippen molar-refractivity contribution < 1.29 is 4.39 Å². The lowest BCUT2D eigenvalue weighted by molar-refractivity contribution is 0.0820. The largest absolute Gasteiger partial charge is 0.307 e. The second-order valence-electron chi connectivity index (χ2n) is 6.02. The van der Waals surface area contributed by atoms with Crippen LogP contribution in [0.3, 0.4) is 0 Å². The molecule has 1 aromatic carbocycles. The molecule has 0 aliphatic carbocycles. The summed E-state index contributed by atoms with van der Waals surface area (Å²) in [6, 6.07) is 9.12. The number of nitrogens with one attached hydrogen (secondary N) is 1. The predicted molar refractivity (Wildman–Crippen MR) is 75.9 cm³/mol. The van der Waals surface area contributed by atoms with Crippen LogP contribution in [0, 0.1) is 6.92 Å². The zero-order valence-electron chi connectivity index (χ0n) is 11.6. The highest BCUT2D eigenvalue weighted by Gasteiger charge is 2.37. The second kappa shape index (κ2) is 5.59. The number of fused-ring (bicyclic) bond motifs is 1. The number of piperidine rings is 1. The van der Waals surface area contributed by atoms with Gasteiger partial charge in [0.15, 0.2) is 0 Å². The van der Waals surface area contributed by atoms with Crippen molar-refractivity contribution in [2.45, 2.75) is 51.0 Å². The summed E-state index contributed by atoms with van der Waals surface area (Å²) in [4.78, 5) is 2.33. The molecule has 1 aromatic rings. The molecule has 0 saturated carbocycles. The van der Waals surface area contributed by atoms with Gasteiger partial charge < -0.3 is 5.32 Å². The summed E-state index contributed by atoms with van der Waals surface area (Å²) in [5, 5.41) is 3.42. The van der Waals surface area contributed by atoms with Gasteiger partial charge >= 0.3 is 0 Å². The van der Waals surface area contributed by atoms with Crippen LogP contribution in [-0.2, 0) is 6.54 Å². The molecule has 0 spiro atoms. The second-order valence-corrected chi connectivity index (χ2v) is 6.02.